The number of hydrogen-bond acceptors (Lipinski definition) is 2. The average Bonchev–Trinajstić information content (AvgIpc) is 2.15. The van der Waals surface area contributed by atoms with E-state index in [2.05, 4.69) is 5.32 Å². The molecule has 0 saturated heterocycles. The van der Waals surface area contributed by atoms with E-state index in [1.54, 1.807) is 30.3 Å². The maximum absolute atomic E-state index is 11.2. The molecule has 0 unspecified atom stereocenters. The second-order valence-corrected chi connectivity index (χ2v) is 2.44. The predicted octanol–water partition coefficient (Wildman–Crippen LogP) is 0.501. The van der Waals surface area contributed by atoms with Gasteiger partial charge in [-0.2, -0.15) is 0 Å². The van der Waals surface area contributed by atoms with Crippen LogP contribution in [0.5, 0.6) is 0 Å². The van der Waals surface area contributed by atoms with Crippen molar-refractivity contribution in [3.05, 3.63) is 35.9 Å². The summed E-state index contributed by atoms with van der Waals surface area (Å²) in [4.78, 5) is 21.3. The van der Waals surface area contributed by atoms with Gasteiger partial charge in [0.1, 0.15) is 6.54 Å². The van der Waals surface area contributed by atoms with E-state index in [4.69, 9.17) is 5.11 Å². The van der Waals surface area contributed by atoms with Gasteiger partial charge in [0.15, 0.2) is 0 Å². The minimum Gasteiger partial charge on any atom is -0.480 e. The third-order valence-corrected chi connectivity index (χ3v) is 1.44. The molecule has 0 aliphatic heterocycles. The lowest BCUT2D eigenvalue weighted by molar-refractivity contribution is -0.135. The van der Waals surface area contributed by atoms with Crippen LogP contribution in [-0.2, 0) is 4.79 Å². The molecule has 13 heavy (non-hydrogen) atoms. The summed E-state index contributed by atoms with van der Waals surface area (Å²) < 4.78 is 0. The number of carboxylic acid groups (broad SMARTS) is 1. The van der Waals surface area contributed by atoms with Crippen LogP contribution >= 0.6 is 0 Å². The highest BCUT2D eigenvalue weighted by Gasteiger charge is 2.04. The third-order valence-electron chi connectivity index (χ3n) is 1.44. The van der Waals surface area contributed by atoms with E-state index < -0.39 is 5.97 Å². The molecule has 1 aromatic rings. The smallest absolute Gasteiger partial charge is 0.322 e. The summed E-state index contributed by atoms with van der Waals surface area (Å²) in [5, 5.41) is 10.6. The normalized spacial score (nSPS) is 9.23. The van der Waals surface area contributed by atoms with Gasteiger partial charge in [0.05, 0.1) is 0 Å². The van der Waals surface area contributed by atoms with Crippen molar-refractivity contribution < 1.29 is 14.7 Å². The molecular formula is C9H9NO3. The van der Waals surface area contributed by atoms with E-state index in [1.807, 2.05) is 0 Å². The SMILES string of the molecule is O=C(O)CN[14C](=O)c1ccccc1. The number of carbonyl (C=O) groups is 2. The summed E-state index contributed by atoms with van der Waals surface area (Å²) >= 11 is 0. The molecule has 1 aromatic carbocycles. The van der Waals surface area contributed by atoms with Crippen LogP contribution < -0.4 is 5.32 Å². The summed E-state index contributed by atoms with van der Waals surface area (Å²) in [6.07, 6.45) is 0. The first-order valence-corrected chi connectivity index (χ1v) is 3.75. The lowest BCUT2D eigenvalue weighted by Crippen LogP contribution is -2.29. The average molecular weight is 181 g/mol. The number of carboxylic acids is 1. The zero-order chi connectivity index (χ0) is 9.68. The highest BCUT2D eigenvalue weighted by Crippen LogP contribution is 1.96. The van der Waals surface area contributed by atoms with Crippen LogP contribution in [0, 0.1) is 0 Å². The van der Waals surface area contributed by atoms with Gasteiger partial charge in [0.2, 0.25) is 0 Å². The van der Waals surface area contributed by atoms with Gasteiger partial charge in [-0.15, -0.1) is 0 Å². The highest BCUT2D eigenvalue weighted by molar-refractivity contribution is 5.95. The first-order chi connectivity index (χ1) is 6.20. The minimum absolute atomic E-state index is 0.353. The molecule has 0 bridgehead atoms. The molecule has 4 heteroatoms. The maximum Gasteiger partial charge on any atom is 0.322 e. The number of nitrogens with one attached hydrogen (secondary N) is 1. The molecule has 0 atom stereocenters. The van der Waals surface area contributed by atoms with Gasteiger partial charge in [0.25, 0.3) is 5.91 Å². The molecule has 1 amide bonds. The standard InChI is InChI=1S/C9H9NO3/c11-8(12)6-10-9(13)7-4-2-1-3-5-7/h1-5H,6H2,(H,10,13)(H,11,12)/i9+2. The van der Waals surface area contributed by atoms with Gasteiger partial charge in [-0.05, 0) is 12.1 Å². The first-order valence-electron chi connectivity index (χ1n) is 3.75. The molecule has 0 radical (unpaired) electrons. The summed E-state index contributed by atoms with van der Waals surface area (Å²) in [7, 11) is 0. The van der Waals surface area contributed by atoms with E-state index in [0.717, 1.165) is 0 Å². The Kier molecular flexibility index (Phi) is 3.03. The maximum atomic E-state index is 11.2. The number of benzene rings is 1. The first kappa shape index (κ1) is 9.25. The van der Waals surface area contributed by atoms with Crippen molar-refractivity contribution in [3.8, 4) is 0 Å². The Labute approximate surface area is 75.2 Å². The molecule has 1 rings (SSSR count). The van der Waals surface area contributed by atoms with Crippen molar-refractivity contribution in [1.29, 1.82) is 0 Å². The molecule has 0 aliphatic rings. The van der Waals surface area contributed by atoms with Crippen LogP contribution in [0.2, 0.25) is 0 Å². The Morgan fingerprint density at radius 1 is 1.38 bits per heavy atom. The van der Waals surface area contributed by atoms with Crippen molar-refractivity contribution in [2.75, 3.05) is 6.54 Å². The van der Waals surface area contributed by atoms with Gasteiger partial charge in [-0.3, -0.25) is 9.59 Å². The molecule has 4 nitrogen and oxygen atoms in total. The predicted molar refractivity (Wildman–Crippen MR) is 46.4 cm³/mol. The lowest BCUT2D eigenvalue weighted by atomic mass is 10.3. The third kappa shape index (κ3) is 2.94. The molecule has 68 valence electrons. The second kappa shape index (κ2) is 4.25. The van der Waals surface area contributed by atoms with Crippen LogP contribution in [0.1, 0.15) is 10.4 Å². The fraction of sp³-hybridized carbons (Fsp3) is 0.111. The fourth-order valence-corrected chi connectivity index (χ4v) is 0.847. The van der Waals surface area contributed by atoms with E-state index in [0.29, 0.717) is 5.56 Å². The van der Waals surface area contributed by atoms with Crippen LogP contribution in [0.3, 0.4) is 0 Å². The Morgan fingerprint density at radius 2 is 2.00 bits per heavy atom. The number of amides is 1. The molecule has 0 aliphatic carbocycles. The lowest BCUT2D eigenvalue weighted by Gasteiger charge is -2.00. The van der Waals surface area contributed by atoms with Gasteiger partial charge < -0.3 is 10.4 Å². The zero-order valence-electron chi connectivity index (χ0n) is 6.86. The van der Waals surface area contributed by atoms with Gasteiger partial charge >= 0.3 is 5.97 Å². The topological polar surface area (TPSA) is 66.4 Å². The van der Waals surface area contributed by atoms with Crippen LogP contribution in [0.15, 0.2) is 30.3 Å². The summed E-state index contributed by atoms with van der Waals surface area (Å²) in [6.45, 7) is -0.353. The Bertz CT molecular complexity index is 308. The summed E-state index contributed by atoms with van der Waals surface area (Å²) in [6, 6.07) is 8.47. The highest BCUT2D eigenvalue weighted by atomic mass is 16.4. The molecule has 0 aromatic heterocycles. The van der Waals surface area contributed by atoms with Crippen LogP contribution in [-0.4, -0.2) is 23.5 Å². The number of carbonyl (C=O) groups excluding carboxylic acids is 1. The second-order valence-electron chi connectivity index (χ2n) is 2.44. The number of rotatable bonds is 3. The van der Waals surface area contributed by atoms with E-state index in [-0.39, 0.29) is 12.5 Å². The Balaban J connectivity index is 2.54. The van der Waals surface area contributed by atoms with E-state index in [1.165, 1.54) is 0 Å². The number of aliphatic carboxylic acids is 1. The number of hydrogen-bond donors (Lipinski definition) is 2. The summed E-state index contributed by atoms with van der Waals surface area (Å²) in [5.74, 6) is -1.42. The molecule has 0 saturated carbocycles. The quantitative estimate of drug-likeness (QED) is 0.713. The molecular weight excluding hydrogens is 172 g/mol. The van der Waals surface area contributed by atoms with Crippen molar-refractivity contribution in [3.63, 3.8) is 0 Å². The zero-order valence-corrected chi connectivity index (χ0v) is 6.86. The molecule has 0 fully saturated rings. The van der Waals surface area contributed by atoms with Crippen molar-refractivity contribution >= 4 is 11.9 Å². The van der Waals surface area contributed by atoms with E-state index in [9.17, 15) is 9.59 Å². The Morgan fingerprint density at radius 3 is 2.54 bits per heavy atom. The van der Waals surface area contributed by atoms with Crippen molar-refractivity contribution in [1.82, 2.24) is 5.32 Å². The van der Waals surface area contributed by atoms with E-state index >= 15 is 0 Å². The van der Waals surface area contributed by atoms with Crippen LogP contribution in [0.25, 0.3) is 0 Å². The fourth-order valence-electron chi connectivity index (χ4n) is 0.847. The molecule has 2 N–H and O–H groups in total. The van der Waals surface area contributed by atoms with Crippen LogP contribution in [0.4, 0.5) is 0 Å². The Hall–Kier alpha value is -1.84. The molecule has 0 heterocycles. The van der Waals surface area contributed by atoms with Gasteiger partial charge in [-0.25, -0.2) is 0 Å². The summed E-state index contributed by atoms with van der Waals surface area (Å²) in [5.41, 5.74) is 0.462. The largest absolute Gasteiger partial charge is 0.480 e. The monoisotopic (exact) mass is 181 g/mol. The van der Waals surface area contributed by atoms with Crippen molar-refractivity contribution in [2.45, 2.75) is 0 Å². The van der Waals surface area contributed by atoms with Crippen molar-refractivity contribution in [2.24, 2.45) is 0 Å². The minimum atomic E-state index is -1.05. The molecule has 0 spiro atoms. The van der Waals surface area contributed by atoms with Gasteiger partial charge in [-0.1, -0.05) is 18.2 Å². The van der Waals surface area contributed by atoms with Gasteiger partial charge in [0, 0.05) is 5.56 Å².